The minimum atomic E-state index is -0.189. The lowest BCUT2D eigenvalue weighted by Crippen LogP contribution is -2.62. The number of carbonyl (C=O) groups is 3. The summed E-state index contributed by atoms with van der Waals surface area (Å²) in [6.45, 7) is 0.885. The zero-order valence-corrected chi connectivity index (χ0v) is 13.9. The van der Waals surface area contributed by atoms with E-state index in [0.717, 1.165) is 4.88 Å². The number of rotatable bonds is 3. The van der Waals surface area contributed by atoms with Crippen LogP contribution >= 0.6 is 11.3 Å². The van der Waals surface area contributed by atoms with Gasteiger partial charge in [-0.2, -0.15) is 0 Å². The first-order valence-corrected chi connectivity index (χ1v) is 9.05. The Morgan fingerprint density at radius 1 is 1.12 bits per heavy atom. The van der Waals surface area contributed by atoms with E-state index in [-0.39, 0.29) is 35.6 Å². The number of allylic oxidation sites excluding steroid dienone is 2. The smallest absolute Gasteiger partial charge is 0.246 e. The van der Waals surface area contributed by atoms with E-state index in [4.69, 9.17) is 0 Å². The maximum absolute atomic E-state index is 12.5. The van der Waals surface area contributed by atoms with Crippen LogP contribution in [0.5, 0.6) is 0 Å². The number of amides is 3. The first-order chi connectivity index (χ1) is 11.6. The molecule has 1 aromatic heterocycles. The molecule has 24 heavy (non-hydrogen) atoms. The van der Waals surface area contributed by atoms with E-state index in [9.17, 15) is 14.4 Å². The number of hydrogen-bond donors (Lipinski definition) is 0. The van der Waals surface area contributed by atoms with Crippen molar-refractivity contribution in [3.63, 3.8) is 0 Å². The average Bonchev–Trinajstić information content (AvgIpc) is 3.15. The molecule has 0 aromatic carbocycles. The maximum Gasteiger partial charge on any atom is 0.246 e. The van der Waals surface area contributed by atoms with Crippen molar-refractivity contribution in [3.8, 4) is 0 Å². The number of thiophene rings is 1. The van der Waals surface area contributed by atoms with E-state index in [2.05, 4.69) is 0 Å². The molecule has 124 valence electrons. The molecule has 4 rings (SSSR count). The van der Waals surface area contributed by atoms with E-state index < -0.39 is 0 Å². The van der Waals surface area contributed by atoms with Crippen LogP contribution in [0, 0.1) is 11.8 Å². The molecule has 0 N–H and O–H groups in total. The van der Waals surface area contributed by atoms with E-state index in [1.54, 1.807) is 28.4 Å². The molecule has 1 aliphatic carbocycles. The second kappa shape index (κ2) is 6.02. The molecule has 2 saturated heterocycles. The van der Waals surface area contributed by atoms with E-state index in [0.29, 0.717) is 25.9 Å². The standard InChI is InChI=1S/C18H18N2O3S/c21-16(8-7-13-4-3-9-24-13)19-10-12(11-19)20-17(22)14-5-1-2-6-15(14)18(20)23/h1-4,7-9,12,14-15H,5-6,10-11H2. The lowest BCUT2D eigenvalue weighted by molar-refractivity contribution is -0.151. The van der Waals surface area contributed by atoms with Crippen molar-refractivity contribution in [2.24, 2.45) is 11.8 Å². The zero-order valence-electron chi connectivity index (χ0n) is 13.1. The molecule has 5 nitrogen and oxygen atoms in total. The van der Waals surface area contributed by atoms with Crippen LogP contribution in [0.1, 0.15) is 17.7 Å². The lowest BCUT2D eigenvalue weighted by Gasteiger charge is -2.42. The first kappa shape index (κ1) is 15.3. The summed E-state index contributed by atoms with van der Waals surface area (Å²) < 4.78 is 0. The average molecular weight is 342 g/mol. The molecule has 2 unspecified atom stereocenters. The maximum atomic E-state index is 12.5. The lowest BCUT2D eigenvalue weighted by atomic mass is 9.85. The van der Waals surface area contributed by atoms with Gasteiger partial charge in [-0.25, -0.2) is 0 Å². The normalized spacial score (nSPS) is 27.0. The number of carbonyl (C=O) groups excluding carboxylic acids is 3. The topological polar surface area (TPSA) is 57.7 Å². The Morgan fingerprint density at radius 2 is 1.79 bits per heavy atom. The number of imide groups is 1. The summed E-state index contributed by atoms with van der Waals surface area (Å²) in [6, 6.07) is 3.73. The molecule has 0 saturated carbocycles. The fourth-order valence-corrected chi connectivity index (χ4v) is 4.25. The molecular weight excluding hydrogens is 324 g/mol. The highest BCUT2D eigenvalue weighted by Gasteiger charge is 2.52. The van der Waals surface area contributed by atoms with Crippen LogP contribution in [0.25, 0.3) is 6.08 Å². The summed E-state index contributed by atoms with van der Waals surface area (Å²) in [7, 11) is 0. The van der Waals surface area contributed by atoms with Crippen LogP contribution in [0.3, 0.4) is 0 Å². The second-order valence-corrected chi connectivity index (χ2v) is 7.43. The van der Waals surface area contributed by atoms with E-state index in [1.165, 1.54) is 4.90 Å². The van der Waals surface area contributed by atoms with Crippen LogP contribution in [0.15, 0.2) is 35.7 Å². The molecule has 6 heteroatoms. The number of hydrogen-bond acceptors (Lipinski definition) is 4. The highest BCUT2D eigenvalue weighted by Crippen LogP contribution is 2.37. The molecule has 3 heterocycles. The van der Waals surface area contributed by atoms with Gasteiger partial charge in [0, 0.05) is 24.0 Å². The van der Waals surface area contributed by atoms with Crippen LogP contribution in [-0.2, 0) is 14.4 Å². The van der Waals surface area contributed by atoms with Gasteiger partial charge in [0.1, 0.15) is 0 Å². The van der Waals surface area contributed by atoms with Gasteiger partial charge < -0.3 is 4.90 Å². The summed E-state index contributed by atoms with van der Waals surface area (Å²) in [6.07, 6.45) is 8.64. The van der Waals surface area contributed by atoms with Crippen molar-refractivity contribution in [1.82, 2.24) is 9.80 Å². The molecule has 3 amide bonds. The minimum absolute atomic E-state index is 0.0550. The predicted octanol–water partition coefficient (Wildman–Crippen LogP) is 1.92. The Kier molecular flexibility index (Phi) is 3.84. The Bertz CT molecular complexity index is 705. The number of likely N-dealkylation sites (tertiary alicyclic amines) is 2. The third-order valence-electron chi connectivity index (χ3n) is 5.01. The SMILES string of the molecule is O=C(C=Cc1cccs1)N1CC(N2C(=O)C3CC=CCC3C2=O)C1. The van der Waals surface area contributed by atoms with Crippen LogP contribution < -0.4 is 0 Å². The van der Waals surface area contributed by atoms with Gasteiger partial charge in [0.15, 0.2) is 0 Å². The van der Waals surface area contributed by atoms with Crippen molar-refractivity contribution < 1.29 is 14.4 Å². The fourth-order valence-electron chi connectivity index (χ4n) is 3.63. The highest BCUT2D eigenvalue weighted by atomic mass is 32.1. The van der Waals surface area contributed by atoms with E-state index in [1.807, 2.05) is 29.7 Å². The second-order valence-electron chi connectivity index (χ2n) is 6.45. The van der Waals surface area contributed by atoms with Gasteiger partial charge >= 0.3 is 0 Å². The monoisotopic (exact) mass is 342 g/mol. The highest BCUT2D eigenvalue weighted by molar-refractivity contribution is 7.10. The Morgan fingerprint density at radius 3 is 2.38 bits per heavy atom. The van der Waals surface area contributed by atoms with Gasteiger partial charge in [-0.05, 0) is 30.4 Å². The fraction of sp³-hybridized carbons (Fsp3) is 0.389. The molecule has 3 aliphatic rings. The number of nitrogens with zero attached hydrogens (tertiary/aromatic N) is 2. The summed E-state index contributed by atoms with van der Waals surface area (Å²) >= 11 is 1.57. The van der Waals surface area contributed by atoms with Gasteiger partial charge in [0.2, 0.25) is 17.7 Å². The van der Waals surface area contributed by atoms with Crippen molar-refractivity contribution in [2.75, 3.05) is 13.1 Å². The molecule has 0 radical (unpaired) electrons. The van der Waals surface area contributed by atoms with Gasteiger partial charge in [-0.3, -0.25) is 19.3 Å². The molecule has 2 fully saturated rings. The largest absolute Gasteiger partial charge is 0.335 e. The van der Waals surface area contributed by atoms with Gasteiger partial charge in [-0.1, -0.05) is 18.2 Å². The van der Waals surface area contributed by atoms with Crippen LogP contribution in [-0.4, -0.2) is 46.7 Å². The predicted molar refractivity (Wildman–Crippen MR) is 90.9 cm³/mol. The third-order valence-corrected chi connectivity index (χ3v) is 5.85. The quantitative estimate of drug-likeness (QED) is 0.479. The van der Waals surface area contributed by atoms with Gasteiger partial charge in [0.25, 0.3) is 0 Å². The summed E-state index contributed by atoms with van der Waals surface area (Å²) in [5.74, 6) is -0.559. The zero-order chi connectivity index (χ0) is 16.7. The summed E-state index contributed by atoms with van der Waals surface area (Å²) in [5, 5.41) is 1.96. The molecular formula is C18H18N2O3S. The van der Waals surface area contributed by atoms with E-state index >= 15 is 0 Å². The number of fused-ring (bicyclic) bond motifs is 1. The van der Waals surface area contributed by atoms with Gasteiger partial charge in [-0.15, -0.1) is 11.3 Å². The molecule has 1 aromatic rings. The third kappa shape index (κ3) is 2.51. The van der Waals surface area contributed by atoms with Crippen LogP contribution in [0.4, 0.5) is 0 Å². The Hall–Kier alpha value is -2.21. The Labute approximate surface area is 144 Å². The summed E-state index contributed by atoms with van der Waals surface area (Å²) in [4.78, 5) is 41.3. The Balaban J connectivity index is 1.36. The minimum Gasteiger partial charge on any atom is -0.335 e. The molecule has 0 bridgehead atoms. The first-order valence-electron chi connectivity index (χ1n) is 8.17. The van der Waals surface area contributed by atoms with Crippen molar-refractivity contribution >= 4 is 35.1 Å². The molecule has 0 spiro atoms. The van der Waals surface area contributed by atoms with Gasteiger partial charge in [0.05, 0.1) is 17.9 Å². The van der Waals surface area contributed by atoms with Crippen molar-refractivity contribution in [1.29, 1.82) is 0 Å². The van der Waals surface area contributed by atoms with Crippen molar-refractivity contribution in [3.05, 3.63) is 40.6 Å². The van der Waals surface area contributed by atoms with Crippen LogP contribution in [0.2, 0.25) is 0 Å². The molecule has 2 atom stereocenters. The van der Waals surface area contributed by atoms with Crippen molar-refractivity contribution in [2.45, 2.75) is 18.9 Å². The summed E-state index contributed by atoms with van der Waals surface area (Å²) in [5.41, 5.74) is 0. The molecule has 2 aliphatic heterocycles.